The Morgan fingerprint density at radius 1 is 0.951 bits per heavy atom. The molecule has 0 fully saturated rings. The molecular formula is C28H20F4N4O4S. The molecule has 2 heterocycles. The van der Waals surface area contributed by atoms with Crippen LogP contribution in [-0.4, -0.2) is 30.5 Å². The molecule has 41 heavy (non-hydrogen) atoms. The van der Waals surface area contributed by atoms with Crippen molar-refractivity contribution in [2.75, 3.05) is 11.4 Å². The number of methoxy groups -OCH3 is 1. The van der Waals surface area contributed by atoms with Gasteiger partial charge in [0.05, 0.1) is 12.0 Å². The van der Waals surface area contributed by atoms with Gasteiger partial charge < -0.3 is 9.72 Å². The minimum atomic E-state index is -5.36. The SMILES string of the molecule is COc1cc(-c2ccccc2)c(F)c(C(F)(F)F)c1N(c1cc(C)ncn1)S(=O)(=O)c1ccc2[nH]c(=O)ccc2c1. The molecule has 5 aromatic rings. The van der Waals surface area contributed by atoms with E-state index in [1.54, 1.807) is 6.07 Å². The summed E-state index contributed by atoms with van der Waals surface area (Å²) in [5.74, 6) is -2.74. The summed E-state index contributed by atoms with van der Waals surface area (Å²) in [6.45, 7) is 1.49. The van der Waals surface area contributed by atoms with Gasteiger partial charge in [0.15, 0.2) is 5.82 Å². The quantitative estimate of drug-likeness (QED) is 0.246. The van der Waals surface area contributed by atoms with E-state index >= 15 is 4.39 Å². The fraction of sp³-hybridized carbons (Fsp3) is 0.107. The number of benzene rings is 3. The maximum Gasteiger partial charge on any atom is 0.421 e. The van der Waals surface area contributed by atoms with E-state index in [0.29, 0.717) is 9.82 Å². The monoisotopic (exact) mass is 584 g/mol. The van der Waals surface area contributed by atoms with Gasteiger partial charge in [0.1, 0.15) is 29.1 Å². The van der Waals surface area contributed by atoms with Crippen LogP contribution in [-0.2, 0) is 16.2 Å². The molecule has 0 aliphatic rings. The molecule has 0 radical (unpaired) electrons. The summed E-state index contributed by atoms with van der Waals surface area (Å²) < 4.78 is 94.2. The smallest absolute Gasteiger partial charge is 0.421 e. The van der Waals surface area contributed by atoms with Gasteiger partial charge >= 0.3 is 6.18 Å². The highest BCUT2D eigenvalue weighted by molar-refractivity contribution is 7.93. The molecule has 0 amide bonds. The second-order valence-corrected chi connectivity index (χ2v) is 10.7. The third-order valence-electron chi connectivity index (χ3n) is 6.22. The summed E-state index contributed by atoms with van der Waals surface area (Å²) >= 11 is 0. The standard InChI is InChI=1S/C28H20F4N4O4S/c1-16-12-23(34-15-33-16)36(41(38,39)19-9-10-21-18(13-19)8-11-24(37)35-21)27-22(40-2)14-20(17-6-4-3-5-7-17)26(29)25(27)28(30,31)32/h3-15H,1-2H3,(H,35,37). The Labute approximate surface area is 230 Å². The van der Waals surface area contributed by atoms with Gasteiger partial charge in [-0.25, -0.2) is 27.1 Å². The van der Waals surface area contributed by atoms with E-state index < -0.39 is 60.9 Å². The van der Waals surface area contributed by atoms with Crippen molar-refractivity contribution in [1.29, 1.82) is 0 Å². The molecule has 0 atom stereocenters. The van der Waals surface area contributed by atoms with E-state index in [1.807, 2.05) is 0 Å². The summed E-state index contributed by atoms with van der Waals surface area (Å²) in [7, 11) is -3.88. The number of pyridine rings is 1. The van der Waals surface area contributed by atoms with Crippen LogP contribution in [0.5, 0.6) is 5.75 Å². The normalized spacial score (nSPS) is 12.0. The van der Waals surface area contributed by atoms with Crippen LogP contribution in [0.2, 0.25) is 0 Å². The third-order valence-corrected chi connectivity index (χ3v) is 7.92. The predicted molar refractivity (Wildman–Crippen MR) is 144 cm³/mol. The van der Waals surface area contributed by atoms with Crippen molar-refractivity contribution in [3.05, 3.63) is 107 Å². The van der Waals surface area contributed by atoms with E-state index in [1.165, 1.54) is 55.5 Å². The molecule has 0 saturated heterocycles. The first-order valence-corrected chi connectivity index (χ1v) is 13.4. The number of halogens is 4. The lowest BCUT2D eigenvalue weighted by Gasteiger charge is -2.29. The number of alkyl halides is 3. The zero-order valence-corrected chi connectivity index (χ0v) is 22.2. The average molecular weight is 585 g/mol. The molecule has 210 valence electrons. The van der Waals surface area contributed by atoms with Crippen molar-refractivity contribution in [2.45, 2.75) is 18.0 Å². The van der Waals surface area contributed by atoms with Gasteiger partial charge in [0.2, 0.25) is 5.56 Å². The van der Waals surface area contributed by atoms with Gasteiger partial charge in [-0.2, -0.15) is 13.2 Å². The van der Waals surface area contributed by atoms with Crippen LogP contribution in [0, 0.1) is 12.7 Å². The molecule has 8 nitrogen and oxygen atoms in total. The lowest BCUT2D eigenvalue weighted by Crippen LogP contribution is -2.30. The zero-order chi connectivity index (χ0) is 29.5. The van der Waals surface area contributed by atoms with Crippen LogP contribution < -0.4 is 14.6 Å². The number of aryl methyl sites for hydroxylation is 1. The average Bonchev–Trinajstić information content (AvgIpc) is 2.92. The number of ether oxygens (including phenoxy) is 1. The lowest BCUT2D eigenvalue weighted by atomic mass is 9.99. The van der Waals surface area contributed by atoms with Gasteiger partial charge in [-0.15, -0.1) is 0 Å². The van der Waals surface area contributed by atoms with Gasteiger partial charge in [0.25, 0.3) is 10.0 Å². The van der Waals surface area contributed by atoms with Crippen molar-refractivity contribution in [1.82, 2.24) is 15.0 Å². The summed E-state index contributed by atoms with van der Waals surface area (Å²) in [5.41, 5.74) is -3.19. The number of anilines is 2. The van der Waals surface area contributed by atoms with E-state index in [9.17, 15) is 26.4 Å². The molecule has 0 aliphatic heterocycles. The molecule has 2 aromatic heterocycles. The summed E-state index contributed by atoms with van der Waals surface area (Å²) in [5, 5.41) is 0.290. The molecule has 0 spiro atoms. The Kier molecular flexibility index (Phi) is 6.99. The number of hydrogen-bond acceptors (Lipinski definition) is 6. The maximum atomic E-state index is 16.0. The topological polar surface area (TPSA) is 105 Å². The Hall–Kier alpha value is -4.78. The molecule has 0 aliphatic carbocycles. The minimum Gasteiger partial charge on any atom is -0.494 e. The summed E-state index contributed by atoms with van der Waals surface area (Å²) in [6.07, 6.45) is -4.39. The molecule has 5 rings (SSSR count). The number of H-pyrrole nitrogens is 1. The van der Waals surface area contributed by atoms with Crippen molar-refractivity contribution < 1.29 is 30.7 Å². The molecule has 0 bridgehead atoms. The van der Waals surface area contributed by atoms with Crippen LogP contribution in [0.1, 0.15) is 11.3 Å². The maximum absolute atomic E-state index is 16.0. The highest BCUT2D eigenvalue weighted by Gasteiger charge is 2.45. The van der Waals surface area contributed by atoms with Crippen molar-refractivity contribution in [3.63, 3.8) is 0 Å². The number of hydrogen-bond donors (Lipinski definition) is 1. The number of sulfonamides is 1. The van der Waals surface area contributed by atoms with E-state index in [4.69, 9.17) is 4.74 Å². The van der Waals surface area contributed by atoms with Crippen LogP contribution in [0.4, 0.5) is 29.1 Å². The fourth-order valence-corrected chi connectivity index (χ4v) is 5.87. The Balaban J connectivity index is 1.87. The van der Waals surface area contributed by atoms with Gasteiger partial charge in [-0.05, 0) is 48.2 Å². The second kappa shape index (κ2) is 10.3. The Morgan fingerprint density at radius 3 is 2.34 bits per heavy atom. The highest BCUT2D eigenvalue weighted by Crippen LogP contribution is 2.50. The molecule has 1 N–H and O–H groups in total. The fourth-order valence-electron chi connectivity index (χ4n) is 4.38. The lowest BCUT2D eigenvalue weighted by molar-refractivity contribution is -0.139. The third kappa shape index (κ3) is 5.11. The first-order chi connectivity index (χ1) is 19.4. The van der Waals surface area contributed by atoms with Crippen molar-refractivity contribution in [2.24, 2.45) is 0 Å². The van der Waals surface area contributed by atoms with E-state index in [-0.39, 0.29) is 16.6 Å². The summed E-state index contributed by atoms with van der Waals surface area (Å²) in [4.78, 5) is 21.6. The molecular weight excluding hydrogens is 564 g/mol. The number of nitrogens with zero attached hydrogens (tertiary/aromatic N) is 3. The highest BCUT2D eigenvalue weighted by atomic mass is 32.2. The van der Waals surface area contributed by atoms with Crippen LogP contribution >= 0.6 is 0 Å². The van der Waals surface area contributed by atoms with Crippen molar-refractivity contribution in [3.8, 4) is 16.9 Å². The molecule has 3 aromatic carbocycles. The van der Waals surface area contributed by atoms with Gasteiger partial charge in [0, 0.05) is 28.9 Å². The largest absolute Gasteiger partial charge is 0.494 e. The number of nitrogens with one attached hydrogen (secondary N) is 1. The summed E-state index contributed by atoms with van der Waals surface area (Å²) in [6, 6.07) is 15.8. The Morgan fingerprint density at radius 2 is 1.68 bits per heavy atom. The number of fused-ring (bicyclic) bond motifs is 1. The predicted octanol–water partition coefficient (Wildman–Crippen LogP) is 5.99. The number of rotatable bonds is 6. The Bertz CT molecular complexity index is 1950. The van der Waals surface area contributed by atoms with E-state index in [2.05, 4.69) is 15.0 Å². The zero-order valence-electron chi connectivity index (χ0n) is 21.4. The first kappa shape index (κ1) is 27.8. The molecule has 0 unspecified atom stereocenters. The number of aromatic amines is 1. The van der Waals surface area contributed by atoms with Gasteiger partial charge in [-0.1, -0.05) is 30.3 Å². The molecule has 13 heteroatoms. The van der Waals surface area contributed by atoms with Crippen LogP contribution in [0.3, 0.4) is 0 Å². The van der Waals surface area contributed by atoms with Crippen molar-refractivity contribution >= 4 is 32.4 Å². The number of aromatic nitrogens is 3. The molecule has 0 saturated carbocycles. The van der Waals surface area contributed by atoms with Crippen LogP contribution in [0.15, 0.2) is 88.8 Å². The van der Waals surface area contributed by atoms with Crippen LogP contribution in [0.25, 0.3) is 22.0 Å². The first-order valence-electron chi connectivity index (χ1n) is 11.9. The second-order valence-electron chi connectivity index (χ2n) is 8.89. The minimum absolute atomic E-state index is 0.121. The van der Waals surface area contributed by atoms with Gasteiger partial charge in [-0.3, -0.25) is 4.79 Å². The van der Waals surface area contributed by atoms with E-state index in [0.717, 1.165) is 31.6 Å².